The SMILES string of the molecule is CCC(C(=O)O)N(C)Cc1c(Br)c(C)nn1CC. The van der Waals surface area contributed by atoms with Crippen LogP contribution in [-0.4, -0.2) is 38.8 Å². The van der Waals surface area contributed by atoms with E-state index in [-0.39, 0.29) is 0 Å². The van der Waals surface area contributed by atoms with Crippen LogP contribution in [0.3, 0.4) is 0 Å². The van der Waals surface area contributed by atoms with Crippen molar-refractivity contribution in [2.45, 2.75) is 46.3 Å². The molecule has 6 heteroatoms. The molecule has 0 saturated heterocycles. The number of hydrogen-bond donors (Lipinski definition) is 1. The largest absolute Gasteiger partial charge is 0.480 e. The van der Waals surface area contributed by atoms with E-state index in [0.29, 0.717) is 13.0 Å². The molecule has 0 bridgehead atoms. The number of hydrogen-bond acceptors (Lipinski definition) is 3. The molecule has 0 fully saturated rings. The van der Waals surface area contributed by atoms with Gasteiger partial charge < -0.3 is 5.11 Å². The van der Waals surface area contributed by atoms with Crippen molar-refractivity contribution in [3.8, 4) is 0 Å². The highest BCUT2D eigenvalue weighted by Gasteiger charge is 2.23. The lowest BCUT2D eigenvalue weighted by molar-refractivity contribution is -0.143. The van der Waals surface area contributed by atoms with E-state index in [0.717, 1.165) is 22.4 Å². The predicted octanol–water partition coefficient (Wildman–Crippen LogP) is 2.27. The van der Waals surface area contributed by atoms with Crippen molar-refractivity contribution in [3.63, 3.8) is 0 Å². The van der Waals surface area contributed by atoms with Crippen LogP contribution < -0.4 is 0 Å². The molecule has 0 aliphatic carbocycles. The fraction of sp³-hybridized carbons (Fsp3) is 0.667. The summed E-state index contributed by atoms with van der Waals surface area (Å²) in [6.45, 7) is 7.19. The van der Waals surface area contributed by atoms with E-state index >= 15 is 0 Å². The fourth-order valence-electron chi connectivity index (χ4n) is 2.04. The molecule has 1 N–H and O–H groups in total. The smallest absolute Gasteiger partial charge is 0.320 e. The summed E-state index contributed by atoms with van der Waals surface area (Å²) in [5.41, 5.74) is 1.96. The Morgan fingerprint density at radius 1 is 1.56 bits per heavy atom. The van der Waals surface area contributed by atoms with Gasteiger partial charge in [-0.3, -0.25) is 14.4 Å². The first kappa shape index (κ1) is 15.2. The minimum atomic E-state index is -0.782. The van der Waals surface area contributed by atoms with E-state index in [2.05, 4.69) is 21.0 Å². The Morgan fingerprint density at radius 3 is 2.61 bits per heavy atom. The summed E-state index contributed by atoms with van der Waals surface area (Å²) in [5, 5.41) is 13.6. The van der Waals surface area contributed by atoms with Gasteiger partial charge >= 0.3 is 5.97 Å². The van der Waals surface area contributed by atoms with Crippen LogP contribution in [0.5, 0.6) is 0 Å². The average molecular weight is 318 g/mol. The average Bonchev–Trinajstić information content (AvgIpc) is 2.57. The van der Waals surface area contributed by atoms with Crippen molar-refractivity contribution in [1.82, 2.24) is 14.7 Å². The van der Waals surface area contributed by atoms with E-state index in [1.165, 1.54) is 0 Å². The molecule has 1 aromatic heterocycles. The van der Waals surface area contributed by atoms with Gasteiger partial charge in [-0.05, 0) is 43.2 Å². The third-order valence-electron chi connectivity index (χ3n) is 3.06. The maximum absolute atomic E-state index is 11.1. The van der Waals surface area contributed by atoms with Crippen LogP contribution in [0.4, 0.5) is 0 Å². The molecule has 5 nitrogen and oxygen atoms in total. The van der Waals surface area contributed by atoms with E-state index in [1.807, 2.05) is 37.4 Å². The lowest BCUT2D eigenvalue weighted by atomic mass is 10.2. The van der Waals surface area contributed by atoms with E-state index < -0.39 is 12.0 Å². The molecule has 102 valence electrons. The standard InChI is InChI=1S/C12H20BrN3O2/c1-5-9(12(17)18)15(4)7-10-11(13)8(3)14-16(10)6-2/h9H,5-7H2,1-4H3,(H,17,18). The number of halogens is 1. The van der Waals surface area contributed by atoms with Gasteiger partial charge in [0.2, 0.25) is 0 Å². The quantitative estimate of drug-likeness (QED) is 0.874. The Morgan fingerprint density at radius 2 is 2.17 bits per heavy atom. The topological polar surface area (TPSA) is 58.4 Å². The first-order valence-electron chi connectivity index (χ1n) is 6.07. The first-order chi connectivity index (χ1) is 8.42. The van der Waals surface area contributed by atoms with Crippen LogP contribution >= 0.6 is 15.9 Å². The Hall–Kier alpha value is -0.880. The van der Waals surface area contributed by atoms with Crippen LogP contribution in [0.1, 0.15) is 31.7 Å². The van der Waals surface area contributed by atoms with Gasteiger partial charge in [0.15, 0.2) is 0 Å². The molecular weight excluding hydrogens is 298 g/mol. The molecular formula is C12H20BrN3O2. The maximum Gasteiger partial charge on any atom is 0.320 e. The van der Waals surface area contributed by atoms with E-state index in [4.69, 9.17) is 5.11 Å². The summed E-state index contributed by atoms with van der Waals surface area (Å²) in [5.74, 6) is -0.782. The number of aryl methyl sites for hydroxylation is 2. The molecule has 18 heavy (non-hydrogen) atoms. The second-order valence-corrected chi connectivity index (χ2v) is 5.13. The lowest BCUT2D eigenvalue weighted by Crippen LogP contribution is -2.38. The molecule has 1 rings (SSSR count). The molecule has 0 spiro atoms. The number of likely N-dealkylation sites (N-methyl/N-ethyl adjacent to an activating group) is 1. The molecule has 0 aliphatic heterocycles. The normalized spacial score (nSPS) is 13.0. The summed E-state index contributed by atoms with van der Waals surface area (Å²) in [6.07, 6.45) is 0.586. The van der Waals surface area contributed by atoms with Gasteiger partial charge in [0.25, 0.3) is 0 Å². The van der Waals surface area contributed by atoms with Crippen molar-refractivity contribution in [3.05, 3.63) is 15.9 Å². The van der Waals surface area contributed by atoms with Crippen molar-refractivity contribution >= 4 is 21.9 Å². The maximum atomic E-state index is 11.1. The van der Waals surface area contributed by atoms with Gasteiger partial charge in [0.1, 0.15) is 6.04 Å². The predicted molar refractivity (Wildman–Crippen MR) is 73.5 cm³/mol. The number of carbonyl (C=O) groups is 1. The summed E-state index contributed by atoms with van der Waals surface area (Å²) >= 11 is 3.52. The van der Waals surface area contributed by atoms with Gasteiger partial charge in [0.05, 0.1) is 15.9 Å². The highest BCUT2D eigenvalue weighted by molar-refractivity contribution is 9.10. The summed E-state index contributed by atoms with van der Waals surface area (Å²) in [7, 11) is 1.83. The lowest BCUT2D eigenvalue weighted by Gasteiger charge is -2.23. The van der Waals surface area contributed by atoms with Crippen molar-refractivity contribution in [2.75, 3.05) is 7.05 Å². The van der Waals surface area contributed by atoms with Crippen LogP contribution in [-0.2, 0) is 17.9 Å². The van der Waals surface area contributed by atoms with Crippen LogP contribution in [0, 0.1) is 6.92 Å². The zero-order chi connectivity index (χ0) is 13.9. The number of carboxylic acids is 1. The third-order valence-corrected chi connectivity index (χ3v) is 4.09. The Bertz CT molecular complexity index is 431. The van der Waals surface area contributed by atoms with Gasteiger partial charge in [0, 0.05) is 13.1 Å². The minimum absolute atomic E-state index is 0.461. The molecule has 1 unspecified atom stereocenters. The van der Waals surface area contributed by atoms with E-state index in [1.54, 1.807) is 0 Å². The minimum Gasteiger partial charge on any atom is -0.480 e. The summed E-state index contributed by atoms with van der Waals surface area (Å²) in [4.78, 5) is 13.0. The number of aromatic nitrogens is 2. The summed E-state index contributed by atoms with van der Waals surface area (Å²) < 4.78 is 2.88. The summed E-state index contributed by atoms with van der Waals surface area (Å²) in [6, 6.07) is -0.461. The Kier molecular flexibility index (Phi) is 5.34. The molecule has 1 aromatic rings. The van der Waals surface area contributed by atoms with Gasteiger partial charge in [-0.1, -0.05) is 6.92 Å². The fourth-order valence-corrected chi connectivity index (χ4v) is 2.45. The zero-order valence-corrected chi connectivity index (χ0v) is 12.9. The molecule has 0 aromatic carbocycles. The number of carboxylic acid groups (broad SMARTS) is 1. The van der Waals surface area contributed by atoms with Crippen LogP contribution in [0.25, 0.3) is 0 Å². The van der Waals surface area contributed by atoms with Crippen LogP contribution in [0.2, 0.25) is 0 Å². The first-order valence-corrected chi connectivity index (χ1v) is 6.86. The van der Waals surface area contributed by atoms with Crippen molar-refractivity contribution in [2.24, 2.45) is 0 Å². The molecule has 1 atom stereocenters. The third kappa shape index (κ3) is 3.11. The van der Waals surface area contributed by atoms with Gasteiger partial charge in [-0.2, -0.15) is 5.10 Å². The monoisotopic (exact) mass is 317 g/mol. The second-order valence-electron chi connectivity index (χ2n) is 4.34. The Balaban J connectivity index is 2.93. The van der Waals surface area contributed by atoms with Crippen LogP contribution in [0.15, 0.2) is 4.47 Å². The van der Waals surface area contributed by atoms with Crippen molar-refractivity contribution in [1.29, 1.82) is 0 Å². The Labute approximate surface area is 116 Å². The number of nitrogens with zero attached hydrogens (tertiary/aromatic N) is 3. The van der Waals surface area contributed by atoms with E-state index in [9.17, 15) is 4.79 Å². The molecule has 1 heterocycles. The van der Waals surface area contributed by atoms with Gasteiger partial charge in [-0.25, -0.2) is 0 Å². The molecule has 0 amide bonds. The van der Waals surface area contributed by atoms with Crippen molar-refractivity contribution < 1.29 is 9.90 Å². The number of aliphatic carboxylic acids is 1. The molecule has 0 radical (unpaired) electrons. The zero-order valence-electron chi connectivity index (χ0n) is 11.3. The second kappa shape index (κ2) is 6.33. The molecule has 0 saturated carbocycles. The highest BCUT2D eigenvalue weighted by Crippen LogP contribution is 2.23. The number of rotatable bonds is 6. The van der Waals surface area contributed by atoms with Gasteiger partial charge in [-0.15, -0.1) is 0 Å². The highest BCUT2D eigenvalue weighted by atomic mass is 79.9. The molecule has 0 aliphatic rings.